The van der Waals surface area contributed by atoms with Crippen molar-refractivity contribution in [3.63, 3.8) is 0 Å². The number of aryl methyl sites for hydroxylation is 1. The average molecular weight is 460 g/mol. The number of aromatic nitrogens is 2. The Hall–Kier alpha value is -3.27. The molecule has 33 heavy (non-hydrogen) atoms. The van der Waals surface area contributed by atoms with Crippen molar-refractivity contribution < 1.29 is 26.9 Å². The van der Waals surface area contributed by atoms with E-state index < -0.39 is 12.1 Å². The summed E-state index contributed by atoms with van der Waals surface area (Å²) in [4.78, 5) is 18.6. The van der Waals surface area contributed by atoms with Crippen LogP contribution < -0.4 is 5.32 Å². The van der Waals surface area contributed by atoms with E-state index >= 15 is 0 Å². The second kappa shape index (κ2) is 7.95. The van der Waals surface area contributed by atoms with E-state index in [1.807, 2.05) is 6.92 Å². The molecule has 1 saturated heterocycles. The first-order valence-electron chi connectivity index (χ1n) is 10.5. The van der Waals surface area contributed by atoms with Crippen LogP contribution >= 0.6 is 0 Å². The number of fused-ring (bicyclic) bond motifs is 1. The van der Waals surface area contributed by atoms with Gasteiger partial charge in [0.15, 0.2) is 0 Å². The molecular formula is C23H20F4N4O2. The molecule has 1 N–H and O–H groups in total. The molecule has 2 aliphatic heterocycles. The summed E-state index contributed by atoms with van der Waals surface area (Å²) in [5, 5.41) is 6.77. The Morgan fingerprint density at radius 2 is 2.00 bits per heavy atom. The number of benzene rings is 2. The number of hydrogen-bond donors (Lipinski definition) is 1. The number of carbonyl (C=O) groups excluding carboxylic acids is 1. The molecule has 0 spiro atoms. The summed E-state index contributed by atoms with van der Waals surface area (Å²) < 4.78 is 56.4. The van der Waals surface area contributed by atoms with Gasteiger partial charge >= 0.3 is 12.1 Å². The van der Waals surface area contributed by atoms with E-state index in [1.54, 1.807) is 23.1 Å². The van der Waals surface area contributed by atoms with E-state index in [9.17, 15) is 22.4 Å². The largest absolute Gasteiger partial charge is 0.471 e. The second-order valence-corrected chi connectivity index (χ2v) is 8.39. The predicted molar refractivity (Wildman–Crippen MR) is 110 cm³/mol. The standard InChI is InChI=1S/C23H20F4N4O2/c1-12-8-15(24)4-5-16(12)18-10-28-7-6-19(18)31-11-14-3-2-13(9-17(14)21(31)32)20-29-22(33-30-20)23(25,26)27/h2-5,8-9,18-19,28H,6-7,10-11H2,1H3/t18-,19+/m0/s1. The van der Waals surface area contributed by atoms with E-state index in [2.05, 4.69) is 20.0 Å². The minimum atomic E-state index is -4.74. The lowest BCUT2D eigenvalue weighted by atomic mass is 9.83. The summed E-state index contributed by atoms with van der Waals surface area (Å²) in [6.07, 6.45) is -4.01. The van der Waals surface area contributed by atoms with Crippen molar-refractivity contribution in [1.29, 1.82) is 0 Å². The van der Waals surface area contributed by atoms with Crippen molar-refractivity contribution in [1.82, 2.24) is 20.4 Å². The van der Waals surface area contributed by atoms with Crippen LogP contribution in [0.5, 0.6) is 0 Å². The third-order valence-electron chi connectivity index (χ3n) is 6.35. The zero-order valence-corrected chi connectivity index (χ0v) is 17.6. The molecule has 0 aliphatic carbocycles. The fraction of sp³-hybridized carbons (Fsp3) is 0.348. The highest BCUT2D eigenvalue weighted by Gasteiger charge is 2.40. The summed E-state index contributed by atoms with van der Waals surface area (Å²) in [6.45, 7) is 3.66. The zero-order chi connectivity index (χ0) is 23.3. The molecule has 3 aromatic rings. The molecule has 1 aromatic heterocycles. The summed E-state index contributed by atoms with van der Waals surface area (Å²) >= 11 is 0. The monoisotopic (exact) mass is 460 g/mol. The number of nitrogens with one attached hydrogen (secondary N) is 1. The number of nitrogens with zero attached hydrogens (tertiary/aromatic N) is 3. The molecule has 1 fully saturated rings. The number of hydrogen-bond acceptors (Lipinski definition) is 5. The van der Waals surface area contributed by atoms with Crippen molar-refractivity contribution in [2.75, 3.05) is 13.1 Å². The van der Waals surface area contributed by atoms with Gasteiger partial charge in [0.05, 0.1) is 0 Å². The van der Waals surface area contributed by atoms with Crippen LogP contribution in [-0.4, -0.2) is 40.1 Å². The molecule has 3 heterocycles. The lowest BCUT2D eigenvalue weighted by Gasteiger charge is -2.39. The van der Waals surface area contributed by atoms with Crippen molar-refractivity contribution in [2.24, 2.45) is 0 Å². The van der Waals surface area contributed by atoms with Gasteiger partial charge in [0.2, 0.25) is 5.82 Å². The van der Waals surface area contributed by atoms with Crippen LogP contribution in [-0.2, 0) is 12.7 Å². The van der Waals surface area contributed by atoms with Crippen LogP contribution in [0, 0.1) is 12.7 Å². The Morgan fingerprint density at radius 3 is 2.73 bits per heavy atom. The van der Waals surface area contributed by atoms with Crippen LogP contribution in [0.25, 0.3) is 11.4 Å². The summed E-state index contributed by atoms with van der Waals surface area (Å²) in [5.41, 5.74) is 3.30. The van der Waals surface area contributed by atoms with Gasteiger partial charge in [-0.2, -0.15) is 18.2 Å². The van der Waals surface area contributed by atoms with Crippen molar-refractivity contribution >= 4 is 5.91 Å². The minimum Gasteiger partial charge on any atom is -0.331 e. The highest BCUT2D eigenvalue weighted by molar-refractivity contribution is 5.99. The van der Waals surface area contributed by atoms with E-state index in [0.29, 0.717) is 18.7 Å². The highest BCUT2D eigenvalue weighted by atomic mass is 19.4. The molecule has 172 valence electrons. The molecule has 2 atom stereocenters. The molecule has 10 heteroatoms. The van der Waals surface area contributed by atoms with E-state index in [1.165, 1.54) is 18.2 Å². The van der Waals surface area contributed by atoms with Crippen LogP contribution in [0.3, 0.4) is 0 Å². The lowest BCUT2D eigenvalue weighted by molar-refractivity contribution is -0.159. The first kappa shape index (κ1) is 21.6. The molecule has 0 unspecified atom stereocenters. The van der Waals surface area contributed by atoms with Crippen molar-refractivity contribution in [2.45, 2.75) is 38.0 Å². The van der Waals surface area contributed by atoms with Crippen LogP contribution in [0.2, 0.25) is 0 Å². The number of rotatable bonds is 3. The molecule has 1 amide bonds. The van der Waals surface area contributed by atoms with E-state index in [4.69, 9.17) is 0 Å². The van der Waals surface area contributed by atoms with Gasteiger partial charge in [-0.3, -0.25) is 4.79 Å². The number of alkyl halides is 3. The Labute approximate surface area is 186 Å². The zero-order valence-electron chi connectivity index (χ0n) is 17.6. The molecule has 5 rings (SSSR count). The molecular weight excluding hydrogens is 440 g/mol. The van der Waals surface area contributed by atoms with Crippen molar-refractivity contribution in [3.05, 3.63) is 70.4 Å². The van der Waals surface area contributed by atoms with Crippen molar-refractivity contribution in [3.8, 4) is 11.4 Å². The van der Waals surface area contributed by atoms with Crippen LogP contribution in [0.4, 0.5) is 17.6 Å². The van der Waals surface area contributed by atoms with Gasteiger partial charge in [-0.25, -0.2) is 4.39 Å². The third kappa shape index (κ3) is 3.88. The fourth-order valence-electron chi connectivity index (χ4n) is 4.78. The summed E-state index contributed by atoms with van der Waals surface area (Å²) in [6, 6.07) is 9.42. The topological polar surface area (TPSA) is 71.3 Å². The first-order valence-corrected chi connectivity index (χ1v) is 10.5. The first-order chi connectivity index (χ1) is 15.7. The van der Waals surface area contributed by atoms with E-state index in [0.717, 1.165) is 29.7 Å². The maximum Gasteiger partial charge on any atom is 0.471 e. The van der Waals surface area contributed by atoms with Gasteiger partial charge in [-0.1, -0.05) is 23.4 Å². The fourth-order valence-corrected chi connectivity index (χ4v) is 4.78. The molecule has 2 aromatic carbocycles. The average Bonchev–Trinajstić information content (AvgIpc) is 3.39. The molecule has 2 aliphatic rings. The summed E-state index contributed by atoms with van der Waals surface area (Å²) in [5.74, 6) is -2.16. The maximum absolute atomic E-state index is 13.6. The van der Waals surface area contributed by atoms with Gasteiger partial charge in [0.1, 0.15) is 5.82 Å². The number of piperidine rings is 1. The van der Waals surface area contributed by atoms with Crippen LogP contribution in [0.15, 0.2) is 40.9 Å². The van der Waals surface area contributed by atoms with Gasteiger partial charge < -0.3 is 14.7 Å². The number of carbonyl (C=O) groups is 1. The minimum absolute atomic E-state index is 0.0105. The summed E-state index contributed by atoms with van der Waals surface area (Å²) in [7, 11) is 0. The Kier molecular flexibility index (Phi) is 5.19. The molecule has 0 radical (unpaired) electrons. The molecule has 0 saturated carbocycles. The number of amides is 1. The molecule has 0 bridgehead atoms. The Bertz CT molecular complexity index is 1220. The van der Waals surface area contributed by atoms with Gasteiger partial charge in [0, 0.05) is 36.2 Å². The van der Waals surface area contributed by atoms with E-state index in [-0.39, 0.29) is 35.1 Å². The predicted octanol–water partition coefficient (Wildman–Crippen LogP) is 4.30. The Morgan fingerprint density at radius 1 is 1.18 bits per heavy atom. The van der Waals surface area contributed by atoms with Gasteiger partial charge in [-0.05, 0) is 54.8 Å². The Balaban J connectivity index is 1.44. The van der Waals surface area contributed by atoms with Gasteiger partial charge in [0.25, 0.3) is 5.91 Å². The van der Waals surface area contributed by atoms with Crippen LogP contribution in [0.1, 0.15) is 45.3 Å². The molecule has 6 nitrogen and oxygen atoms in total. The normalized spacial score (nSPS) is 20.9. The third-order valence-corrected chi connectivity index (χ3v) is 6.35. The lowest BCUT2D eigenvalue weighted by Crippen LogP contribution is -2.48. The smallest absolute Gasteiger partial charge is 0.331 e. The second-order valence-electron chi connectivity index (χ2n) is 8.39. The van der Waals surface area contributed by atoms with Gasteiger partial charge in [-0.15, -0.1) is 0 Å². The highest BCUT2D eigenvalue weighted by Crippen LogP contribution is 2.37. The number of halogens is 4. The maximum atomic E-state index is 13.6. The SMILES string of the molecule is Cc1cc(F)ccc1[C@@H]1CNCC[C@H]1N1Cc2ccc(-c3noc(C(F)(F)F)n3)cc2C1=O. The quantitative estimate of drug-likeness (QED) is 0.590.